The largest absolute Gasteiger partial charge is 0.381 e. The first-order valence-electron chi connectivity index (χ1n) is 9.46. The van der Waals surface area contributed by atoms with Gasteiger partial charge in [0, 0.05) is 0 Å². The standard InChI is InChI=1S/C20H14N12/c21-13-15(23)31-19-17(29-13)25-9-3-1-7(5-11(9)27-19)8-2-4-10-12(6-8)28-20-18(26-10)30-14(22)16(24)32-20/h1-6H,(H2,21,25,29)(H2,22,26,30)(H2,23,27,31)(H2,24,28,32). The van der Waals surface area contributed by atoms with Crippen LogP contribution in [0, 0.1) is 0 Å². The van der Waals surface area contributed by atoms with E-state index in [9.17, 15) is 0 Å². The van der Waals surface area contributed by atoms with Crippen molar-refractivity contribution in [3.05, 3.63) is 36.4 Å². The predicted octanol–water partition coefficient (Wildman–Crippen LogP) is 1.46. The number of hydrogen-bond acceptors (Lipinski definition) is 12. The molecule has 0 radical (unpaired) electrons. The van der Waals surface area contributed by atoms with E-state index in [-0.39, 0.29) is 23.3 Å². The number of hydrogen-bond donors (Lipinski definition) is 4. The van der Waals surface area contributed by atoms with E-state index in [2.05, 4.69) is 39.9 Å². The Bertz CT molecular complexity index is 1600. The van der Waals surface area contributed by atoms with E-state index in [1.807, 2.05) is 36.4 Å². The van der Waals surface area contributed by atoms with Gasteiger partial charge in [0.15, 0.2) is 23.3 Å². The van der Waals surface area contributed by atoms with Gasteiger partial charge >= 0.3 is 0 Å². The molecular formula is C20H14N12. The smallest absolute Gasteiger partial charge is 0.200 e. The average molecular weight is 422 g/mol. The number of nitrogens with two attached hydrogens (primary N) is 4. The summed E-state index contributed by atoms with van der Waals surface area (Å²) in [7, 11) is 0. The molecule has 6 rings (SSSR count). The molecule has 2 aromatic carbocycles. The Hall–Kier alpha value is -5.00. The molecule has 0 saturated carbocycles. The summed E-state index contributed by atoms with van der Waals surface area (Å²) in [5.74, 6) is 0.490. The summed E-state index contributed by atoms with van der Waals surface area (Å²) in [6, 6.07) is 11.4. The molecule has 0 unspecified atom stereocenters. The zero-order valence-electron chi connectivity index (χ0n) is 16.4. The lowest BCUT2D eigenvalue weighted by Gasteiger charge is -2.07. The fourth-order valence-electron chi connectivity index (χ4n) is 3.42. The predicted molar refractivity (Wildman–Crippen MR) is 122 cm³/mol. The van der Waals surface area contributed by atoms with Crippen molar-refractivity contribution in [3.63, 3.8) is 0 Å². The van der Waals surface area contributed by atoms with Gasteiger partial charge < -0.3 is 22.9 Å². The molecular weight excluding hydrogens is 408 g/mol. The minimum Gasteiger partial charge on any atom is -0.381 e. The Kier molecular flexibility index (Phi) is 3.48. The lowest BCUT2D eigenvalue weighted by atomic mass is 10.0. The number of rotatable bonds is 1. The van der Waals surface area contributed by atoms with Gasteiger partial charge in [-0.1, -0.05) is 12.1 Å². The lowest BCUT2D eigenvalue weighted by Crippen LogP contribution is -2.03. The molecule has 12 heteroatoms. The molecule has 4 aromatic heterocycles. The molecule has 32 heavy (non-hydrogen) atoms. The van der Waals surface area contributed by atoms with Crippen LogP contribution in [0.25, 0.3) is 55.8 Å². The summed E-state index contributed by atoms with van der Waals surface area (Å²) in [6.45, 7) is 0. The molecule has 6 aromatic rings. The van der Waals surface area contributed by atoms with Crippen LogP contribution in [0.4, 0.5) is 23.3 Å². The van der Waals surface area contributed by atoms with Crippen LogP contribution in [0.3, 0.4) is 0 Å². The quantitative estimate of drug-likeness (QED) is 0.278. The third kappa shape index (κ3) is 2.70. The first kappa shape index (κ1) is 17.8. The van der Waals surface area contributed by atoms with Crippen molar-refractivity contribution in [1.29, 1.82) is 0 Å². The van der Waals surface area contributed by atoms with Crippen LogP contribution in [0.2, 0.25) is 0 Å². The van der Waals surface area contributed by atoms with Gasteiger partial charge in [0.25, 0.3) is 0 Å². The second-order valence-corrected chi connectivity index (χ2v) is 7.14. The highest BCUT2D eigenvalue weighted by molar-refractivity contribution is 5.90. The van der Waals surface area contributed by atoms with E-state index in [0.717, 1.165) is 11.1 Å². The van der Waals surface area contributed by atoms with Gasteiger partial charge in [-0.25, -0.2) is 39.9 Å². The minimum atomic E-state index is 0.119. The molecule has 0 amide bonds. The van der Waals surface area contributed by atoms with Crippen molar-refractivity contribution >= 4 is 67.9 Å². The molecule has 0 bridgehead atoms. The number of nitrogens with zero attached hydrogens (tertiary/aromatic N) is 8. The number of benzene rings is 2. The summed E-state index contributed by atoms with van der Waals surface area (Å²) >= 11 is 0. The van der Waals surface area contributed by atoms with Crippen LogP contribution >= 0.6 is 0 Å². The fraction of sp³-hybridized carbons (Fsp3) is 0. The van der Waals surface area contributed by atoms with Crippen LogP contribution < -0.4 is 22.9 Å². The van der Waals surface area contributed by atoms with E-state index in [1.165, 1.54) is 0 Å². The van der Waals surface area contributed by atoms with Crippen molar-refractivity contribution in [2.75, 3.05) is 22.9 Å². The van der Waals surface area contributed by atoms with Gasteiger partial charge in [0.05, 0.1) is 22.1 Å². The SMILES string of the molecule is Nc1nc2nc3ccc(-c4ccc5nc6nc(N)c(N)nc6nc5c4)cc3nc2nc1N. The maximum Gasteiger partial charge on any atom is 0.200 e. The maximum absolute atomic E-state index is 5.76. The van der Waals surface area contributed by atoms with Gasteiger partial charge in [0.2, 0.25) is 22.6 Å². The summed E-state index contributed by atoms with van der Waals surface area (Å²) in [6.07, 6.45) is 0. The zero-order chi connectivity index (χ0) is 22.0. The Balaban J connectivity index is 1.50. The van der Waals surface area contributed by atoms with Crippen LogP contribution in [-0.4, -0.2) is 39.9 Å². The number of fused-ring (bicyclic) bond motifs is 4. The van der Waals surface area contributed by atoms with Crippen LogP contribution in [-0.2, 0) is 0 Å². The van der Waals surface area contributed by atoms with Gasteiger partial charge in [-0.05, 0) is 35.4 Å². The molecule has 8 N–H and O–H groups in total. The van der Waals surface area contributed by atoms with Crippen molar-refractivity contribution < 1.29 is 0 Å². The van der Waals surface area contributed by atoms with E-state index < -0.39 is 0 Å². The normalized spacial score (nSPS) is 11.6. The molecule has 0 fully saturated rings. The van der Waals surface area contributed by atoms with E-state index in [1.54, 1.807) is 0 Å². The maximum atomic E-state index is 5.76. The van der Waals surface area contributed by atoms with Crippen molar-refractivity contribution in [2.24, 2.45) is 0 Å². The van der Waals surface area contributed by atoms with Crippen molar-refractivity contribution in [1.82, 2.24) is 39.9 Å². The topological polar surface area (TPSA) is 207 Å². The summed E-state index contributed by atoms with van der Waals surface area (Å²) in [5.41, 5.74) is 28.7. The number of anilines is 4. The number of nitrogen functional groups attached to an aromatic ring is 4. The third-order valence-electron chi connectivity index (χ3n) is 5.02. The number of aromatic nitrogens is 8. The third-order valence-corrected chi connectivity index (χ3v) is 5.02. The second kappa shape index (κ2) is 6.25. The fourth-order valence-corrected chi connectivity index (χ4v) is 3.42. The first-order chi connectivity index (χ1) is 15.4. The van der Waals surface area contributed by atoms with Crippen molar-refractivity contribution in [2.45, 2.75) is 0 Å². The first-order valence-corrected chi connectivity index (χ1v) is 9.46. The molecule has 0 aliphatic carbocycles. The average Bonchev–Trinajstić information content (AvgIpc) is 2.77. The van der Waals surface area contributed by atoms with Crippen LogP contribution in [0.5, 0.6) is 0 Å². The molecule has 0 atom stereocenters. The summed E-state index contributed by atoms with van der Waals surface area (Å²) in [4.78, 5) is 34.7. The van der Waals surface area contributed by atoms with Gasteiger partial charge in [0.1, 0.15) is 0 Å². The summed E-state index contributed by atoms with van der Waals surface area (Å²) in [5, 5.41) is 0. The van der Waals surface area contributed by atoms with E-state index in [4.69, 9.17) is 22.9 Å². The van der Waals surface area contributed by atoms with Crippen molar-refractivity contribution in [3.8, 4) is 11.1 Å². The molecule has 4 heterocycles. The Morgan fingerprint density at radius 3 is 1.03 bits per heavy atom. The lowest BCUT2D eigenvalue weighted by molar-refractivity contribution is 1.21. The molecule has 0 spiro atoms. The van der Waals surface area contributed by atoms with Crippen LogP contribution in [0.15, 0.2) is 36.4 Å². The van der Waals surface area contributed by atoms with Gasteiger partial charge in [-0.2, -0.15) is 0 Å². The van der Waals surface area contributed by atoms with Gasteiger partial charge in [-0.15, -0.1) is 0 Å². The molecule has 0 aliphatic rings. The van der Waals surface area contributed by atoms with Gasteiger partial charge in [-0.3, -0.25) is 0 Å². The minimum absolute atomic E-state index is 0.119. The summed E-state index contributed by atoms with van der Waals surface area (Å²) < 4.78 is 0. The monoisotopic (exact) mass is 422 g/mol. The van der Waals surface area contributed by atoms with Crippen LogP contribution in [0.1, 0.15) is 0 Å². The molecule has 0 saturated heterocycles. The van der Waals surface area contributed by atoms with E-state index >= 15 is 0 Å². The second-order valence-electron chi connectivity index (χ2n) is 7.14. The Morgan fingerprint density at radius 2 is 0.688 bits per heavy atom. The highest BCUT2D eigenvalue weighted by Gasteiger charge is 2.11. The molecule has 12 nitrogen and oxygen atoms in total. The Morgan fingerprint density at radius 1 is 0.375 bits per heavy atom. The Labute approximate surface area is 178 Å². The molecule has 154 valence electrons. The highest BCUT2D eigenvalue weighted by atomic mass is 15.1. The zero-order valence-corrected chi connectivity index (χ0v) is 16.4. The van der Waals surface area contributed by atoms with E-state index in [0.29, 0.717) is 44.7 Å². The highest BCUT2D eigenvalue weighted by Crippen LogP contribution is 2.27. The molecule has 0 aliphatic heterocycles.